The van der Waals surface area contributed by atoms with E-state index in [1.807, 2.05) is 18.2 Å². The highest BCUT2D eigenvalue weighted by molar-refractivity contribution is 7.19. The van der Waals surface area contributed by atoms with Crippen LogP contribution >= 0.6 is 11.3 Å². The van der Waals surface area contributed by atoms with Crippen molar-refractivity contribution in [1.29, 1.82) is 5.26 Å². The molecule has 2 rings (SSSR count). The van der Waals surface area contributed by atoms with Crippen molar-refractivity contribution in [3.63, 3.8) is 0 Å². The summed E-state index contributed by atoms with van der Waals surface area (Å²) < 4.78 is 1.26. The quantitative estimate of drug-likeness (QED) is 0.600. The molecule has 0 saturated heterocycles. The zero-order valence-corrected chi connectivity index (χ0v) is 7.48. The highest BCUT2D eigenvalue weighted by Gasteiger charge is 1.98. The normalized spacial score (nSPS) is 10.0. The number of hydrogen-bond acceptors (Lipinski definition) is 2. The van der Waals surface area contributed by atoms with Crippen LogP contribution in [0, 0.1) is 18.3 Å². The molecule has 1 aromatic carbocycles. The van der Waals surface area contributed by atoms with Gasteiger partial charge in [-0.1, -0.05) is 0 Å². The molecule has 2 aromatic rings. The van der Waals surface area contributed by atoms with Gasteiger partial charge in [-0.3, -0.25) is 0 Å². The molecule has 0 radical (unpaired) electrons. The van der Waals surface area contributed by atoms with Gasteiger partial charge in [-0.25, -0.2) is 0 Å². The average Bonchev–Trinajstić information content (AvgIpc) is 2.43. The smallest absolute Gasteiger partial charge is 0.0991 e. The molecule has 0 atom stereocenters. The van der Waals surface area contributed by atoms with Gasteiger partial charge in [0.25, 0.3) is 0 Å². The van der Waals surface area contributed by atoms with E-state index < -0.39 is 0 Å². The van der Waals surface area contributed by atoms with Crippen LogP contribution in [0.4, 0.5) is 0 Å². The Morgan fingerprint density at radius 1 is 1.33 bits per heavy atom. The maximum Gasteiger partial charge on any atom is 0.0991 e. The minimum atomic E-state index is 0.736. The predicted octanol–water partition coefficient (Wildman–Crippen LogP) is 3.08. The summed E-state index contributed by atoms with van der Waals surface area (Å²) in [5.74, 6) is 0. The predicted molar refractivity (Wildman–Crippen MR) is 51.3 cm³/mol. The van der Waals surface area contributed by atoms with Gasteiger partial charge in [0, 0.05) is 9.58 Å². The lowest BCUT2D eigenvalue weighted by molar-refractivity contribution is 1.50. The third-order valence-electron chi connectivity index (χ3n) is 1.77. The van der Waals surface area contributed by atoms with Crippen molar-refractivity contribution in [1.82, 2.24) is 0 Å². The number of fused-ring (bicyclic) bond motifs is 1. The van der Waals surface area contributed by atoms with Crippen LogP contribution < -0.4 is 0 Å². The Morgan fingerprint density at radius 2 is 2.17 bits per heavy atom. The number of hydrogen-bond donors (Lipinski definition) is 0. The highest BCUT2D eigenvalue weighted by Crippen LogP contribution is 2.25. The van der Waals surface area contributed by atoms with Gasteiger partial charge in [-0.15, -0.1) is 11.3 Å². The molecule has 0 aliphatic heterocycles. The maximum absolute atomic E-state index is 8.66. The van der Waals surface area contributed by atoms with Crippen molar-refractivity contribution in [2.24, 2.45) is 0 Å². The van der Waals surface area contributed by atoms with Crippen LogP contribution in [-0.2, 0) is 0 Å². The lowest BCUT2D eigenvalue weighted by atomic mass is 10.2. The Kier molecular flexibility index (Phi) is 1.60. The van der Waals surface area contributed by atoms with E-state index in [1.165, 1.54) is 15.0 Å². The number of nitrogens with zero attached hydrogens (tertiary/aromatic N) is 1. The van der Waals surface area contributed by atoms with Crippen LogP contribution in [0.25, 0.3) is 10.1 Å². The standard InChI is InChI=1S/C10H7NS/c1-7-4-9-5-8(6-11)2-3-10(9)12-7/h2-5H,1H3. The fraction of sp³-hybridized carbons (Fsp3) is 0.100. The Morgan fingerprint density at radius 3 is 2.92 bits per heavy atom. The van der Waals surface area contributed by atoms with Gasteiger partial charge in [0.05, 0.1) is 11.6 Å². The Labute approximate surface area is 74.9 Å². The summed E-state index contributed by atoms with van der Waals surface area (Å²) in [5.41, 5.74) is 0.736. The monoisotopic (exact) mass is 173 g/mol. The van der Waals surface area contributed by atoms with Crippen molar-refractivity contribution in [3.8, 4) is 6.07 Å². The molecule has 0 spiro atoms. The van der Waals surface area contributed by atoms with Gasteiger partial charge in [0.15, 0.2) is 0 Å². The van der Waals surface area contributed by atoms with Gasteiger partial charge in [0.1, 0.15) is 0 Å². The summed E-state index contributed by atoms with van der Waals surface area (Å²) in [4.78, 5) is 1.29. The second-order valence-electron chi connectivity index (χ2n) is 2.72. The van der Waals surface area contributed by atoms with E-state index in [0.717, 1.165) is 5.56 Å². The molecule has 12 heavy (non-hydrogen) atoms. The third-order valence-corrected chi connectivity index (χ3v) is 2.80. The minimum absolute atomic E-state index is 0.736. The van der Waals surface area contributed by atoms with Crippen molar-refractivity contribution in [2.45, 2.75) is 6.92 Å². The lowest BCUT2D eigenvalue weighted by Crippen LogP contribution is -1.69. The molecular formula is C10H7NS. The zero-order valence-electron chi connectivity index (χ0n) is 6.66. The molecule has 0 aliphatic carbocycles. The fourth-order valence-electron chi connectivity index (χ4n) is 1.25. The Balaban J connectivity index is 2.77. The van der Waals surface area contributed by atoms with Gasteiger partial charge in [-0.05, 0) is 36.6 Å². The molecule has 0 amide bonds. The van der Waals surface area contributed by atoms with Crippen molar-refractivity contribution in [2.75, 3.05) is 0 Å². The van der Waals surface area contributed by atoms with Crippen LogP contribution in [0.3, 0.4) is 0 Å². The van der Waals surface area contributed by atoms with Crippen LogP contribution in [-0.4, -0.2) is 0 Å². The molecule has 0 aliphatic rings. The van der Waals surface area contributed by atoms with Gasteiger partial charge >= 0.3 is 0 Å². The SMILES string of the molecule is Cc1cc2cc(C#N)ccc2s1. The number of thiophene rings is 1. The van der Waals surface area contributed by atoms with Crippen LogP contribution in [0.15, 0.2) is 24.3 Å². The van der Waals surface area contributed by atoms with Gasteiger partial charge in [-0.2, -0.15) is 5.26 Å². The van der Waals surface area contributed by atoms with Gasteiger partial charge < -0.3 is 0 Å². The molecule has 58 valence electrons. The molecule has 0 bridgehead atoms. The van der Waals surface area contributed by atoms with Crippen LogP contribution in [0.2, 0.25) is 0 Å². The van der Waals surface area contributed by atoms with Crippen molar-refractivity contribution in [3.05, 3.63) is 34.7 Å². The highest BCUT2D eigenvalue weighted by atomic mass is 32.1. The molecule has 0 N–H and O–H groups in total. The fourth-order valence-corrected chi connectivity index (χ4v) is 2.15. The largest absolute Gasteiger partial charge is 0.192 e. The average molecular weight is 173 g/mol. The summed E-state index contributed by atoms with van der Waals surface area (Å²) in [6.07, 6.45) is 0. The summed E-state index contributed by atoms with van der Waals surface area (Å²) in [6, 6.07) is 10.0. The Hall–Kier alpha value is -1.33. The summed E-state index contributed by atoms with van der Waals surface area (Å²) >= 11 is 1.76. The number of rotatable bonds is 0. The first-order chi connectivity index (χ1) is 5.79. The number of nitriles is 1. The van der Waals surface area contributed by atoms with Crippen LogP contribution in [0.5, 0.6) is 0 Å². The van der Waals surface area contributed by atoms with E-state index in [2.05, 4.69) is 19.1 Å². The van der Waals surface area contributed by atoms with E-state index in [-0.39, 0.29) is 0 Å². The van der Waals surface area contributed by atoms with E-state index in [4.69, 9.17) is 5.26 Å². The molecule has 0 fully saturated rings. The van der Waals surface area contributed by atoms with E-state index in [1.54, 1.807) is 11.3 Å². The first kappa shape index (κ1) is 7.33. The third kappa shape index (κ3) is 1.09. The van der Waals surface area contributed by atoms with E-state index in [9.17, 15) is 0 Å². The topological polar surface area (TPSA) is 23.8 Å². The lowest BCUT2D eigenvalue weighted by Gasteiger charge is -1.87. The summed E-state index contributed by atoms with van der Waals surface area (Å²) in [5, 5.41) is 9.83. The maximum atomic E-state index is 8.66. The first-order valence-electron chi connectivity index (χ1n) is 3.70. The van der Waals surface area contributed by atoms with E-state index >= 15 is 0 Å². The second-order valence-corrected chi connectivity index (χ2v) is 4.01. The molecular weight excluding hydrogens is 166 g/mol. The molecule has 0 saturated carbocycles. The molecule has 1 heterocycles. The molecule has 1 nitrogen and oxygen atoms in total. The van der Waals surface area contributed by atoms with Crippen LogP contribution in [0.1, 0.15) is 10.4 Å². The number of benzene rings is 1. The second kappa shape index (κ2) is 2.62. The first-order valence-corrected chi connectivity index (χ1v) is 4.51. The van der Waals surface area contributed by atoms with E-state index in [0.29, 0.717) is 0 Å². The summed E-state index contributed by atoms with van der Waals surface area (Å²) in [6.45, 7) is 2.08. The molecule has 1 aromatic heterocycles. The summed E-state index contributed by atoms with van der Waals surface area (Å²) in [7, 11) is 0. The molecule has 2 heteroatoms. The van der Waals surface area contributed by atoms with Crippen molar-refractivity contribution >= 4 is 21.4 Å². The van der Waals surface area contributed by atoms with Crippen molar-refractivity contribution < 1.29 is 0 Å². The minimum Gasteiger partial charge on any atom is -0.192 e. The van der Waals surface area contributed by atoms with Gasteiger partial charge in [0.2, 0.25) is 0 Å². The molecule has 0 unspecified atom stereocenters. The zero-order chi connectivity index (χ0) is 8.55. The number of aryl methyl sites for hydroxylation is 1. The Bertz CT molecular complexity index is 462.